The maximum absolute atomic E-state index is 14.2. The van der Waals surface area contributed by atoms with Gasteiger partial charge in [-0.1, -0.05) is 42.5 Å². The van der Waals surface area contributed by atoms with Gasteiger partial charge in [0.25, 0.3) is 0 Å². The highest BCUT2D eigenvalue weighted by Crippen LogP contribution is 2.35. The fraction of sp³-hybridized carbons (Fsp3) is 0.226. The predicted octanol–water partition coefficient (Wildman–Crippen LogP) is 5.06. The summed E-state index contributed by atoms with van der Waals surface area (Å²) >= 11 is 1.39. The number of halogens is 1. The first kappa shape index (κ1) is 27.4. The summed E-state index contributed by atoms with van der Waals surface area (Å²) in [6, 6.07) is 17.6. The van der Waals surface area contributed by atoms with Crippen molar-refractivity contribution in [3.63, 3.8) is 0 Å². The quantitative estimate of drug-likeness (QED) is 0.254. The van der Waals surface area contributed by atoms with Crippen LogP contribution in [0.5, 0.6) is 5.75 Å². The molecule has 3 aromatic heterocycles. The molecule has 0 radical (unpaired) electrons. The zero-order chi connectivity index (χ0) is 29.4. The number of anilines is 2. The minimum absolute atomic E-state index is 0.0748. The van der Waals surface area contributed by atoms with Crippen LogP contribution in [0.3, 0.4) is 0 Å². The molecule has 4 heterocycles. The SMILES string of the molecule is CN1CCN(c2cc(N(C)C)cn3c(=O)c(OCc4ccccc4)c(-c4ncc(Cc5ccc(F)cc5)s4)nc23)C1=O. The Balaban J connectivity index is 1.51. The largest absolute Gasteiger partial charge is 0.481 e. The molecule has 0 bridgehead atoms. The number of hydrogen-bond donors (Lipinski definition) is 0. The van der Waals surface area contributed by atoms with E-state index in [4.69, 9.17) is 9.72 Å². The molecule has 0 unspecified atom stereocenters. The van der Waals surface area contributed by atoms with E-state index in [1.165, 1.54) is 27.9 Å². The van der Waals surface area contributed by atoms with Gasteiger partial charge >= 0.3 is 11.6 Å². The number of carbonyl (C=O) groups is 1. The van der Waals surface area contributed by atoms with E-state index in [0.717, 1.165) is 21.7 Å². The third-order valence-electron chi connectivity index (χ3n) is 7.15. The molecule has 0 saturated carbocycles. The summed E-state index contributed by atoms with van der Waals surface area (Å²) in [4.78, 5) is 42.9. The Morgan fingerprint density at radius 2 is 1.79 bits per heavy atom. The molecular formula is C31H29FN6O3S. The Morgan fingerprint density at radius 3 is 2.48 bits per heavy atom. The van der Waals surface area contributed by atoms with E-state index in [2.05, 4.69) is 4.98 Å². The van der Waals surface area contributed by atoms with Crippen molar-refractivity contribution in [3.8, 4) is 16.5 Å². The number of hydrogen-bond acceptors (Lipinski definition) is 7. The molecule has 1 aliphatic heterocycles. The second-order valence-corrected chi connectivity index (χ2v) is 11.4. The average Bonchev–Trinajstić information content (AvgIpc) is 3.59. The summed E-state index contributed by atoms with van der Waals surface area (Å²) in [6.45, 7) is 1.20. The molecule has 1 saturated heterocycles. The van der Waals surface area contributed by atoms with Crippen molar-refractivity contribution in [1.82, 2.24) is 19.3 Å². The van der Waals surface area contributed by atoms with Crippen LogP contribution >= 0.6 is 11.3 Å². The third kappa shape index (κ3) is 5.30. The molecule has 1 fully saturated rings. The average molecular weight is 585 g/mol. The first-order valence-electron chi connectivity index (χ1n) is 13.4. The van der Waals surface area contributed by atoms with Crippen LogP contribution in [0, 0.1) is 5.82 Å². The second-order valence-electron chi connectivity index (χ2n) is 10.3. The van der Waals surface area contributed by atoms with Gasteiger partial charge in [0.05, 0.1) is 11.4 Å². The van der Waals surface area contributed by atoms with Gasteiger partial charge in [-0.2, -0.15) is 0 Å². The van der Waals surface area contributed by atoms with Crippen molar-refractivity contribution in [1.29, 1.82) is 0 Å². The number of aromatic nitrogens is 3. The van der Waals surface area contributed by atoms with Gasteiger partial charge in [-0.3, -0.25) is 14.1 Å². The number of carbonyl (C=O) groups excluding carboxylic acids is 1. The van der Waals surface area contributed by atoms with Gasteiger partial charge in [0.1, 0.15) is 23.1 Å². The smallest absolute Gasteiger partial charge is 0.324 e. The van der Waals surface area contributed by atoms with Gasteiger partial charge < -0.3 is 14.5 Å². The third-order valence-corrected chi connectivity index (χ3v) is 8.15. The Hall–Kier alpha value is -4.77. The topological polar surface area (TPSA) is 83.3 Å². The highest BCUT2D eigenvalue weighted by molar-refractivity contribution is 7.15. The van der Waals surface area contributed by atoms with Crippen LogP contribution in [-0.2, 0) is 13.0 Å². The van der Waals surface area contributed by atoms with Gasteiger partial charge in [-0.25, -0.2) is 19.2 Å². The molecule has 2 amide bonds. The zero-order valence-corrected chi connectivity index (χ0v) is 24.3. The summed E-state index contributed by atoms with van der Waals surface area (Å²) < 4.78 is 21.1. The summed E-state index contributed by atoms with van der Waals surface area (Å²) in [5.41, 5.74) is 3.36. The van der Waals surface area contributed by atoms with E-state index in [1.807, 2.05) is 55.4 Å². The number of rotatable bonds is 8. The summed E-state index contributed by atoms with van der Waals surface area (Å²) in [5, 5.41) is 0.516. The van der Waals surface area contributed by atoms with Crippen molar-refractivity contribution in [3.05, 3.63) is 105 Å². The lowest BCUT2D eigenvalue weighted by Gasteiger charge is -2.22. The van der Waals surface area contributed by atoms with Crippen molar-refractivity contribution in [2.24, 2.45) is 0 Å². The number of pyridine rings is 1. The highest BCUT2D eigenvalue weighted by atomic mass is 32.1. The fourth-order valence-corrected chi connectivity index (χ4v) is 5.75. The lowest BCUT2D eigenvalue weighted by Crippen LogP contribution is -2.31. The Bertz CT molecular complexity index is 1820. The lowest BCUT2D eigenvalue weighted by atomic mass is 10.1. The summed E-state index contributed by atoms with van der Waals surface area (Å²) in [7, 11) is 5.50. The fourth-order valence-electron chi connectivity index (χ4n) is 4.81. The number of urea groups is 1. The molecule has 5 aromatic rings. The van der Waals surface area contributed by atoms with E-state index in [1.54, 1.807) is 41.4 Å². The van der Waals surface area contributed by atoms with E-state index in [0.29, 0.717) is 41.5 Å². The van der Waals surface area contributed by atoms with Crippen LogP contribution in [0.25, 0.3) is 16.3 Å². The Kier molecular flexibility index (Phi) is 7.34. The van der Waals surface area contributed by atoms with Gasteiger partial charge in [0, 0.05) is 57.9 Å². The molecule has 9 nitrogen and oxygen atoms in total. The number of likely N-dealkylation sites (N-methyl/N-ethyl adjacent to an activating group) is 1. The first-order valence-corrected chi connectivity index (χ1v) is 14.3. The number of ether oxygens (including phenoxy) is 1. The van der Waals surface area contributed by atoms with Crippen LogP contribution in [0.1, 0.15) is 16.0 Å². The van der Waals surface area contributed by atoms with Crippen LogP contribution in [0.2, 0.25) is 0 Å². The molecule has 0 N–H and O–H groups in total. The normalized spacial score (nSPS) is 13.3. The maximum atomic E-state index is 14.2. The number of fused-ring (bicyclic) bond motifs is 1. The van der Waals surface area contributed by atoms with Crippen molar-refractivity contribution in [2.75, 3.05) is 44.0 Å². The van der Waals surface area contributed by atoms with Gasteiger partial charge in [-0.15, -0.1) is 11.3 Å². The molecule has 0 spiro atoms. The van der Waals surface area contributed by atoms with Crippen molar-refractivity contribution in [2.45, 2.75) is 13.0 Å². The highest BCUT2D eigenvalue weighted by Gasteiger charge is 2.30. The van der Waals surface area contributed by atoms with Crippen LogP contribution in [-0.4, -0.2) is 59.5 Å². The molecule has 11 heteroatoms. The van der Waals surface area contributed by atoms with Gasteiger partial charge in [0.15, 0.2) is 5.65 Å². The standard InChI is InChI=1S/C31H29FN6O3S/c1-35(2)23-16-25(37-14-13-36(3)31(37)40)28-34-26(29-33-17-24(42-29)15-20-9-11-22(32)12-10-20)27(30(39)38(28)18-23)41-19-21-7-5-4-6-8-21/h4-12,16-18H,13-15,19H2,1-3H3. The monoisotopic (exact) mass is 584 g/mol. The van der Waals surface area contributed by atoms with Crippen LogP contribution in [0.4, 0.5) is 20.6 Å². The summed E-state index contributed by atoms with van der Waals surface area (Å²) in [5.74, 6) is -0.216. The second kappa shape index (κ2) is 11.2. The first-order chi connectivity index (χ1) is 20.3. The van der Waals surface area contributed by atoms with Crippen molar-refractivity contribution < 1.29 is 13.9 Å². The predicted molar refractivity (Wildman–Crippen MR) is 162 cm³/mol. The van der Waals surface area contributed by atoms with E-state index >= 15 is 0 Å². The zero-order valence-electron chi connectivity index (χ0n) is 23.5. The molecule has 2 aromatic carbocycles. The minimum Gasteiger partial charge on any atom is -0.481 e. The lowest BCUT2D eigenvalue weighted by molar-refractivity contribution is 0.229. The van der Waals surface area contributed by atoms with Gasteiger partial charge in [-0.05, 0) is 29.3 Å². The molecule has 6 rings (SSSR count). The number of benzene rings is 2. The van der Waals surface area contributed by atoms with E-state index < -0.39 is 5.56 Å². The van der Waals surface area contributed by atoms with Crippen LogP contribution < -0.4 is 20.1 Å². The number of amides is 2. The molecule has 0 atom stereocenters. The molecule has 214 valence electrons. The molecule has 1 aliphatic rings. The van der Waals surface area contributed by atoms with Gasteiger partial charge in [0.2, 0.25) is 5.75 Å². The van der Waals surface area contributed by atoms with Crippen molar-refractivity contribution >= 4 is 34.4 Å². The minimum atomic E-state index is -0.397. The molecular weight excluding hydrogens is 555 g/mol. The van der Waals surface area contributed by atoms with Crippen LogP contribution in [0.15, 0.2) is 77.9 Å². The van der Waals surface area contributed by atoms with E-state index in [9.17, 15) is 14.0 Å². The molecule has 42 heavy (non-hydrogen) atoms. The maximum Gasteiger partial charge on any atom is 0.324 e. The molecule has 0 aliphatic carbocycles. The summed E-state index contributed by atoms with van der Waals surface area (Å²) in [6.07, 6.45) is 4.00. The Labute approximate surface area is 246 Å². The Morgan fingerprint density at radius 1 is 1.02 bits per heavy atom. The van der Waals surface area contributed by atoms with E-state index in [-0.39, 0.29) is 24.2 Å². The number of thiazole rings is 1. The number of nitrogens with zero attached hydrogens (tertiary/aromatic N) is 6.